The molecule has 9 heteroatoms. The molecule has 1 amide bonds. The molecule has 168 valence electrons. The van der Waals surface area contributed by atoms with E-state index in [0.717, 1.165) is 40.8 Å². The molecule has 0 atom stereocenters. The number of ether oxygens (including phenoxy) is 2. The number of hydrogen-bond acceptors (Lipinski definition) is 8. The molecule has 0 saturated carbocycles. The molecular weight excluding hydrogens is 444 g/mol. The predicted molar refractivity (Wildman–Crippen MR) is 128 cm³/mol. The minimum Gasteiger partial charge on any atom is -0.493 e. The van der Waals surface area contributed by atoms with Crippen LogP contribution in [-0.4, -0.2) is 47.3 Å². The van der Waals surface area contributed by atoms with Gasteiger partial charge >= 0.3 is 0 Å². The summed E-state index contributed by atoms with van der Waals surface area (Å²) in [5.41, 5.74) is 9.93. The van der Waals surface area contributed by atoms with Crippen LogP contribution in [0, 0.1) is 0 Å². The molecule has 0 unspecified atom stereocenters. The number of rotatable bonds is 5. The summed E-state index contributed by atoms with van der Waals surface area (Å²) in [4.78, 5) is 26.4. The first-order valence-electron chi connectivity index (χ1n) is 10.8. The molecule has 1 aliphatic carbocycles. The number of fused-ring (bicyclic) bond motifs is 4. The SMILES string of the molecule is COc1cc2c(cc1OC)CN(C(=O)CSc1nc(N)c3c4c(sc3n1)CCCC4)CC2. The molecule has 5 rings (SSSR count). The van der Waals surface area contributed by atoms with E-state index in [0.29, 0.717) is 35.6 Å². The van der Waals surface area contributed by atoms with Crippen LogP contribution in [-0.2, 0) is 30.6 Å². The number of carbonyl (C=O) groups excluding carboxylic acids is 1. The molecule has 0 spiro atoms. The fraction of sp³-hybridized carbons (Fsp3) is 0.435. The van der Waals surface area contributed by atoms with E-state index in [1.54, 1.807) is 25.6 Å². The van der Waals surface area contributed by atoms with Gasteiger partial charge in [-0.2, -0.15) is 0 Å². The quantitative estimate of drug-likeness (QED) is 0.447. The zero-order valence-corrected chi connectivity index (χ0v) is 19.9. The van der Waals surface area contributed by atoms with Crippen molar-refractivity contribution in [2.24, 2.45) is 0 Å². The molecule has 32 heavy (non-hydrogen) atoms. The molecule has 1 aromatic carbocycles. The van der Waals surface area contributed by atoms with E-state index >= 15 is 0 Å². The van der Waals surface area contributed by atoms with E-state index in [1.165, 1.54) is 40.6 Å². The minimum absolute atomic E-state index is 0.0724. The number of methoxy groups -OCH3 is 2. The molecule has 0 saturated heterocycles. The number of thiophene rings is 1. The van der Waals surface area contributed by atoms with Gasteiger partial charge in [0.25, 0.3) is 0 Å². The lowest BCUT2D eigenvalue weighted by molar-refractivity contribution is -0.129. The third-order valence-corrected chi connectivity index (χ3v) is 8.24. The summed E-state index contributed by atoms with van der Waals surface area (Å²) in [7, 11) is 3.26. The molecule has 2 aliphatic rings. The van der Waals surface area contributed by atoms with Crippen LogP contribution >= 0.6 is 23.1 Å². The van der Waals surface area contributed by atoms with Gasteiger partial charge < -0.3 is 20.1 Å². The number of benzene rings is 1. The molecule has 3 aromatic rings. The molecule has 0 radical (unpaired) electrons. The van der Waals surface area contributed by atoms with Crippen molar-refractivity contribution < 1.29 is 14.3 Å². The largest absolute Gasteiger partial charge is 0.493 e. The Kier molecular flexibility index (Phi) is 5.86. The second-order valence-electron chi connectivity index (χ2n) is 8.11. The third kappa shape index (κ3) is 3.88. The van der Waals surface area contributed by atoms with E-state index in [4.69, 9.17) is 20.2 Å². The van der Waals surface area contributed by atoms with Crippen molar-refractivity contribution in [1.29, 1.82) is 0 Å². The van der Waals surface area contributed by atoms with Crippen molar-refractivity contribution in [3.63, 3.8) is 0 Å². The predicted octanol–water partition coefficient (Wildman–Crippen LogP) is 3.85. The average molecular weight is 471 g/mol. The standard InChI is InChI=1S/C23H26N4O3S2/c1-29-16-9-13-7-8-27(11-14(13)10-17(16)30-2)19(28)12-31-23-25-21(24)20-15-5-3-4-6-18(15)32-22(20)26-23/h9-10H,3-8,11-12H2,1-2H3,(H2,24,25,26). The van der Waals surface area contributed by atoms with Gasteiger partial charge in [-0.3, -0.25) is 4.79 Å². The number of aryl methyl sites for hydroxylation is 2. The number of nitrogen functional groups attached to an aromatic ring is 1. The normalized spacial score (nSPS) is 15.4. The van der Waals surface area contributed by atoms with Crippen LogP contribution in [0.15, 0.2) is 17.3 Å². The average Bonchev–Trinajstić information content (AvgIpc) is 3.20. The number of anilines is 1. The molecule has 2 N–H and O–H groups in total. The Bertz CT molecular complexity index is 1190. The molecule has 0 bridgehead atoms. The maximum absolute atomic E-state index is 12.9. The van der Waals surface area contributed by atoms with Crippen molar-refractivity contribution in [3.8, 4) is 11.5 Å². The lowest BCUT2D eigenvalue weighted by atomic mass is 9.97. The fourth-order valence-corrected chi connectivity index (χ4v) is 6.62. The second kappa shape index (κ2) is 8.78. The van der Waals surface area contributed by atoms with Gasteiger partial charge in [0.1, 0.15) is 10.6 Å². The van der Waals surface area contributed by atoms with E-state index in [-0.39, 0.29) is 5.91 Å². The van der Waals surface area contributed by atoms with Gasteiger partial charge in [0.2, 0.25) is 5.91 Å². The van der Waals surface area contributed by atoms with E-state index in [9.17, 15) is 4.79 Å². The Labute approximate surface area is 195 Å². The van der Waals surface area contributed by atoms with Crippen LogP contribution in [0.4, 0.5) is 5.82 Å². The van der Waals surface area contributed by atoms with Crippen molar-refractivity contribution in [2.75, 3.05) is 32.3 Å². The monoisotopic (exact) mass is 470 g/mol. The first kappa shape index (κ1) is 21.3. The highest BCUT2D eigenvalue weighted by Gasteiger charge is 2.24. The van der Waals surface area contributed by atoms with Crippen molar-refractivity contribution >= 4 is 45.0 Å². The van der Waals surface area contributed by atoms with E-state index in [2.05, 4.69) is 4.98 Å². The van der Waals surface area contributed by atoms with Crippen LogP contribution < -0.4 is 15.2 Å². The summed E-state index contributed by atoms with van der Waals surface area (Å²) in [6, 6.07) is 3.98. The van der Waals surface area contributed by atoms with Gasteiger partial charge in [-0.1, -0.05) is 11.8 Å². The molecule has 1 aliphatic heterocycles. The first-order valence-corrected chi connectivity index (χ1v) is 12.6. The summed E-state index contributed by atoms with van der Waals surface area (Å²) in [5, 5.41) is 1.60. The minimum atomic E-state index is 0.0724. The third-order valence-electron chi connectivity index (χ3n) is 6.22. The molecular formula is C23H26N4O3S2. The van der Waals surface area contributed by atoms with Crippen LogP contribution in [0.1, 0.15) is 34.4 Å². The van der Waals surface area contributed by atoms with E-state index in [1.807, 2.05) is 17.0 Å². The maximum atomic E-state index is 12.9. The highest BCUT2D eigenvalue weighted by Crippen LogP contribution is 2.38. The molecule has 3 heterocycles. The summed E-state index contributed by atoms with van der Waals surface area (Å²) in [5.74, 6) is 2.31. The van der Waals surface area contributed by atoms with Crippen molar-refractivity contribution in [2.45, 2.75) is 43.8 Å². The van der Waals surface area contributed by atoms with Gasteiger partial charge in [0.15, 0.2) is 16.7 Å². The Hall–Kier alpha value is -2.52. The Morgan fingerprint density at radius 3 is 2.66 bits per heavy atom. The van der Waals surface area contributed by atoms with Crippen LogP contribution in [0.25, 0.3) is 10.2 Å². The van der Waals surface area contributed by atoms with Crippen molar-refractivity contribution in [1.82, 2.24) is 14.9 Å². The van der Waals surface area contributed by atoms with Crippen LogP contribution in [0.2, 0.25) is 0 Å². The summed E-state index contributed by atoms with van der Waals surface area (Å²) >= 11 is 3.09. The maximum Gasteiger partial charge on any atom is 0.233 e. The molecule has 2 aromatic heterocycles. The zero-order valence-electron chi connectivity index (χ0n) is 18.3. The number of carbonyl (C=O) groups is 1. The zero-order chi connectivity index (χ0) is 22.2. The second-order valence-corrected chi connectivity index (χ2v) is 10.1. The lowest BCUT2D eigenvalue weighted by Gasteiger charge is -2.29. The Morgan fingerprint density at radius 2 is 1.88 bits per heavy atom. The van der Waals surface area contributed by atoms with Gasteiger partial charge in [-0.15, -0.1) is 11.3 Å². The van der Waals surface area contributed by atoms with Gasteiger partial charge in [-0.05, 0) is 60.9 Å². The Morgan fingerprint density at radius 1 is 1.12 bits per heavy atom. The Balaban J connectivity index is 1.29. The topological polar surface area (TPSA) is 90.6 Å². The van der Waals surface area contributed by atoms with Crippen molar-refractivity contribution in [3.05, 3.63) is 33.7 Å². The number of hydrogen-bond donors (Lipinski definition) is 1. The summed E-state index contributed by atoms with van der Waals surface area (Å²) in [6.07, 6.45) is 5.37. The molecule has 0 fully saturated rings. The van der Waals surface area contributed by atoms with Crippen LogP contribution in [0.3, 0.4) is 0 Å². The summed E-state index contributed by atoms with van der Waals surface area (Å²) in [6.45, 7) is 1.25. The number of thioether (sulfide) groups is 1. The van der Waals surface area contributed by atoms with Gasteiger partial charge in [0.05, 0.1) is 25.4 Å². The first-order chi connectivity index (χ1) is 15.6. The number of nitrogens with zero attached hydrogens (tertiary/aromatic N) is 3. The highest BCUT2D eigenvalue weighted by molar-refractivity contribution is 7.99. The van der Waals surface area contributed by atoms with Gasteiger partial charge in [-0.25, -0.2) is 9.97 Å². The van der Waals surface area contributed by atoms with E-state index < -0.39 is 0 Å². The highest BCUT2D eigenvalue weighted by atomic mass is 32.2. The smallest absolute Gasteiger partial charge is 0.233 e. The molecule has 7 nitrogen and oxygen atoms in total. The van der Waals surface area contributed by atoms with Gasteiger partial charge in [0, 0.05) is 18.0 Å². The summed E-state index contributed by atoms with van der Waals surface area (Å²) < 4.78 is 10.8. The lowest BCUT2D eigenvalue weighted by Crippen LogP contribution is -2.37. The number of aromatic nitrogens is 2. The number of amides is 1. The fourth-order valence-electron chi connectivity index (χ4n) is 4.54. The number of nitrogens with two attached hydrogens (primary N) is 1. The van der Waals surface area contributed by atoms with Crippen LogP contribution in [0.5, 0.6) is 11.5 Å².